The van der Waals surface area contributed by atoms with Crippen LogP contribution in [0.3, 0.4) is 0 Å². The maximum Gasteiger partial charge on any atom is 0.261 e. The number of carbonyl (C=O) groups excluding carboxylic acids is 3. The molecule has 7 heteroatoms. The number of imide groups is 1. The second kappa shape index (κ2) is 7.67. The average Bonchev–Trinajstić information content (AvgIpc) is 3.31. The van der Waals surface area contributed by atoms with E-state index in [0.29, 0.717) is 16.9 Å². The lowest BCUT2D eigenvalue weighted by atomic mass is 10.0. The zero-order valence-electron chi connectivity index (χ0n) is 15.5. The summed E-state index contributed by atoms with van der Waals surface area (Å²) in [5.74, 6) is -0.623. The van der Waals surface area contributed by atoms with E-state index in [9.17, 15) is 14.4 Å². The molecular formula is C22H17BrN2O4. The van der Waals surface area contributed by atoms with Gasteiger partial charge in [-0.3, -0.25) is 19.3 Å². The van der Waals surface area contributed by atoms with Crippen molar-refractivity contribution >= 4 is 33.7 Å². The smallest absolute Gasteiger partial charge is 0.261 e. The van der Waals surface area contributed by atoms with Gasteiger partial charge in [0.2, 0.25) is 0 Å². The second-order valence-electron chi connectivity index (χ2n) is 6.78. The lowest BCUT2D eigenvalue weighted by molar-refractivity contribution is 0.0631. The highest BCUT2D eigenvalue weighted by molar-refractivity contribution is 9.10. The summed E-state index contributed by atoms with van der Waals surface area (Å²) in [6.45, 7) is 1.94. The van der Waals surface area contributed by atoms with Crippen LogP contribution in [-0.4, -0.2) is 22.6 Å². The summed E-state index contributed by atoms with van der Waals surface area (Å²) >= 11 is 3.39. The lowest BCUT2D eigenvalue weighted by Crippen LogP contribution is -2.29. The fourth-order valence-corrected chi connectivity index (χ4v) is 3.51. The number of fused-ring (bicyclic) bond motifs is 1. The second-order valence-corrected chi connectivity index (χ2v) is 7.70. The van der Waals surface area contributed by atoms with Gasteiger partial charge in [0.15, 0.2) is 0 Å². The Balaban J connectivity index is 1.52. The Morgan fingerprint density at radius 3 is 2.48 bits per heavy atom. The number of rotatable bonds is 5. The predicted molar refractivity (Wildman–Crippen MR) is 109 cm³/mol. The molecule has 3 amide bonds. The molecule has 1 aromatic heterocycles. The highest BCUT2D eigenvalue weighted by Crippen LogP contribution is 2.26. The van der Waals surface area contributed by atoms with Crippen LogP contribution in [0.5, 0.6) is 0 Å². The highest BCUT2D eigenvalue weighted by atomic mass is 79.9. The van der Waals surface area contributed by atoms with Crippen LogP contribution in [0.4, 0.5) is 0 Å². The number of hydrogen-bond acceptors (Lipinski definition) is 4. The molecule has 0 saturated heterocycles. The number of nitrogens with one attached hydrogen (secondary N) is 1. The van der Waals surface area contributed by atoms with Crippen LogP contribution in [0.1, 0.15) is 55.4 Å². The minimum Gasteiger partial charge on any atom is -0.467 e. The summed E-state index contributed by atoms with van der Waals surface area (Å²) in [6.07, 6.45) is 1.49. The van der Waals surface area contributed by atoms with Gasteiger partial charge in [-0.05, 0) is 55.0 Å². The van der Waals surface area contributed by atoms with Crippen molar-refractivity contribution in [3.05, 3.63) is 93.3 Å². The molecule has 0 aliphatic carbocycles. The van der Waals surface area contributed by atoms with E-state index in [2.05, 4.69) is 21.2 Å². The molecule has 1 aliphatic heterocycles. The van der Waals surface area contributed by atoms with Crippen molar-refractivity contribution in [2.75, 3.05) is 0 Å². The average molecular weight is 453 g/mol. The fourth-order valence-electron chi connectivity index (χ4n) is 3.25. The Kier molecular flexibility index (Phi) is 5.07. The Hall–Kier alpha value is -3.19. The van der Waals surface area contributed by atoms with Gasteiger partial charge in [-0.2, -0.15) is 0 Å². The van der Waals surface area contributed by atoms with Crippen molar-refractivity contribution in [2.45, 2.75) is 19.5 Å². The van der Waals surface area contributed by atoms with Crippen LogP contribution in [0.25, 0.3) is 0 Å². The van der Waals surface area contributed by atoms with Gasteiger partial charge in [0, 0.05) is 10.0 Å². The predicted octanol–water partition coefficient (Wildman–Crippen LogP) is 4.33. The quantitative estimate of drug-likeness (QED) is 0.584. The highest BCUT2D eigenvalue weighted by Gasteiger charge is 2.36. The molecule has 29 heavy (non-hydrogen) atoms. The molecule has 3 aromatic rings. The van der Waals surface area contributed by atoms with E-state index >= 15 is 0 Å². The maximum atomic E-state index is 12.7. The molecule has 146 valence electrons. The van der Waals surface area contributed by atoms with E-state index in [4.69, 9.17) is 4.42 Å². The normalized spacial score (nSPS) is 14.1. The zero-order chi connectivity index (χ0) is 20.5. The fraction of sp³-hybridized carbons (Fsp3) is 0.136. The van der Waals surface area contributed by atoms with Crippen molar-refractivity contribution in [2.24, 2.45) is 0 Å². The largest absolute Gasteiger partial charge is 0.467 e. The number of furan rings is 1. The molecule has 2 heterocycles. The third-order valence-corrected chi connectivity index (χ3v) is 5.37. The lowest BCUT2D eigenvalue weighted by Gasteiger charge is -2.14. The molecule has 1 N–H and O–H groups in total. The number of benzene rings is 2. The molecule has 1 atom stereocenters. The molecule has 0 spiro atoms. The first kappa shape index (κ1) is 19.1. The molecule has 0 radical (unpaired) electrons. The summed E-state index contributed by atoms with van der Waals surface area (Å²) in [5.41, 5.74) is 1.80. The minimum atomic E-state index is -0.433. The van der Waals surface area contributed by atoms with Gasteiger partial charge >= 0.3 is 0 Å². The number of halogens is 1. The van der Waals surface area contributed by atoms with Crippen molar-refractivity contribution in [1.29, 1.82) is 0 Å². The summed E-state index contributed by atoms with van der Waals surface area (Å²) in [4.78, 5) is 39.1. The van der Waals surface area contributed by atoms with Crippen molar-refractivity contribution < 1.29 is 18.8 Å². The summed E-state index contributed by atoms with van der Waals surface area (Å²) < 4.78 is 6.19. The standard InChI is InChI=1S/C22H17BrN2O4/c1-13(14-4-7-16(23)8-5-14)24-20(26)15-6-9-18-19(11-15)22(28)25(21(18)27)12-17-3-2-10-29-17/h2-11,13H,12H2,1H3,(H,24,26). The van der Waals surface area contributed by atoms with Crippen LogP contribution in [-0.2, 0) is 6.54 Å². The third kappa shape index (κ3) is 3.73. The number of hydrogen-bond donors (Lipinski definition) is 1. The Morgan fingerprint density at radius 1 is 1.07 bits per heavy atom. The molecule has 0 fully saturated rings. The van der Waals surface area contributed by atoms with Crippen LogP contribution < -0.4 is 5.32 Å². The molecule has 2 aromatic carbocycles. The number of amides is 3. The summed E-state index contributed by atoms with van der Waals surface area (Å²) in [7, 11) is 0. The maximum absolute atomic E-state index is 12.7. The van der Waals surface area contributed by atoms with Gasteiger partial charge in [0.25, 0.3) is 17.7 Å². The Labute approximate surface area is 175 Å². The van der Waals surface area contributed by atoms with E-state index in [-0.39, 0.29) is 24.1 Å². The van der Waals surface area contributed by atoms with Gasteiger partial charge < -0.3 is 9.73 Å². The molecule has 0 bridgehead atoms. The Bertz CT molecular complexity index is 1090. The first-order valence-corrected chi connectivity index (χ1v) is 9.82. The van der Waals surface area contributed by atoms with E-state index in [1.807, 2.05) is 31.2 Å². The molecule has 0 saturated carbocycles. The SMILES string of the molecule is CC(NC(=O)c1ccc2c(c1)C(=O)N(Cc1ccco1)C2=O)c1ccc(Br)cc1. The topological polar surface area (TPSA) is 79.6 Å². The monoisotopic (exact) mass is 452 g/mol. The van der Waals surface area contributed by atoms with Gasteiger partial charge in [-0.25, -0.2) is 0 Å². The molecule has 4 rings (SSSR count). The molecule has 6 nitrogen and oxygen atoms in total. The molecular weight excluding hydrogens is 436 g/mol. The third-order valence-electron chi connectivity index (χ3n) is 4.84. The molecule has 1 unspecified atom stereocenters. The zero-order valence-corrected chi connectivity index (χ0v) is 17.1. The first-order chi connectivity index (χ1) is 13.9. The minimum absolute atomic E-state index is 0.0570. The van der Waals surface area contributed by atoms with E-state index in [0.717, 1.165) is 14.9 Å². The van der Waals surface area contributed by atoms with Gasteiger partial charge in [-0.15, -0.1) is 0 Å². The van der Waals surface area contributed by atoms with Crippen molar-refractivity contribution in [1.82, 2.24) is 10.2 Å². The van der Waals surface area contributed by atoms with Gasteiger partial charge in [0.05, 0.1) is 30.0 Å². The summed E-state index contributed by atoms with van der Waals surface area (Å²) in [5, 5.41) is 2.92. The van der Waals surface area contributed by atoms with Crippen LogP contribution >= 0.6 is 15.9 Å². The van der Waals surface area contributed by atoms with E-state index in [1.165, 1.54) is 18.4 Å². The van der Waals surface area contributed by atoms with Crippen LogP contribution in [0.2, 0.25) is 0 Å². The van der Waals surface area contributed by atoms with E-state index in [1.54, 1.807) is 18.2 Å². The van der Waals surface area contributed by atoms with E-state index < -0.39 is 11.8 Å². The summed E-state index contributed by atoms with van der Waals surface area (Å²) in [6, 6.07) is 15.4. The molecule has 1 aliphatic rings. The first-order valence-electron chi connectivity index (χ1n) is 9.03. The van der Waals surface area contributed by atoms with Gasteiger partial charge in [0.1, 0.15) is 5.76 Å². The number of carbonyl (C=O) groups is 3. The van der Waals surface area contributed by atoms with Gasteiger partial charge in [-0.1, -0.05) is 28.1 Å². The van der Waals surface area contributed by atoms with Crippen molar-refractivity contribution in [3.63, 3.8) is 0 Å². The van der Waals surface area contributed by atoms with Crippen LogP contribution in [0.15, 0.2) is 69.8 Å². The Morgan fingerprint density at radius 2 is 1.79 bits per heavy atom. The van der Waals surface area contributed by atoms with Crippen molar-refractivity contribution in [3.8, 4) is 0 Å². The van der Waals surface area contributed by atoms with Crippen LogP contribution in [0, 0.1) is 0 Å². The number of nitrogens with zero attached hydrogens (tertiary/aromatic N) is 1.